The summed E-state index contributed by atoms with van der Waals surface area (Å²) >= 11 is 3.05. The molecule has 8 heteroatoms. The number of benzene rings is 2. The highest BCUT2D eigenvalue weighted by molar-refractivity contribution is 9.10. The fourth-order valence-electron chi connectivity index (χ4n) is 3.49. The molecule has 1 aliphatic heterocycles. The largest absolute Gasteiger partial charge is 0.416 e. The molecule has 1 heterocycles. The number of alkyl halides is 3. The Labute approximate surface area is 175 Å². The molecule has 0 bridgehead atoms. The standard InChI is InChI=1S/C21H21BrF4N2O/c22-17-4-3-16(19(11-17)21(24,25)26)12-27-20(29)15-7-9-28(10-8-15)13-14-1-5-18(23)6-2-14/h1-6,11,15H,7-10,12-13H2,(H,27,29). The summed E-state index contributed by atoms with van der Waals surface area (Å²) in [5.74, 6) is -0.713. The molecule has 0 spiro atoms. The molecule has 3 rings (SSSR count). The molecular weight excluding hydrogens is 452 g/mol. The van der Waals surface area contributed by atoms with Gasteiger partial charge in [0.15, 0.2) is 0 Å². The summed E-state index contributed by atoms with van der Waals surface area (Å²) in [7, 11) is 0. The van der Waals surface area contributed by atoms with Gasteiger partial charge >= 0.3 is 6.18 Å². The van der Waals surface area contributed by atoms with Gasteiger partial charge in [0.25, 0.3) is 0 Å². The van der Waals surface area contributed by atoms with E-state index >= 15 is 0 Å². The molecule has 0 saturated carbocycles. The lowest BCUT2D eigenvalue weighted by molar-refractivity contribution is -0.138. The summed E-state index contributed by atoms with van der Waals surface area (Å²) < 4.78 is 52.9. The first-order chi connectivity index (χ1) is 13.7. The van der Waals surface area contributed by atoms with Crippen LogP contribution in [0.4, 0.5) is 17.6 Å². The van der Waals surface area contributed by atoms with Crippen molar-refractivity contribution in [2.75, 3.05) is 13.1 Å². The summed E-state index contributed by atoms with van der Waals surface area (Å²) in [5.41, 5.74) is 0.299. The number of carbonyl (C=O) groups excluding carboxylic acids is 1. The van der Waals surface area contributed by atoms with Crippen LogP contribution in [0.2, 0.25) is 0 Å². The normalized spacial score (nSPS) is 16.0. The number of carbonyl (C=O) groups is 1. The molecule has 1 saturated heterocycles. The fraction of sp³-hybridized carbons (Fsp3) is 0.381. The molecule has 0 radical (unpaired) electrons. The first-order valence-electron chi connectivity index (χ1n) is 9.32. The van der Waals surface area contributed by atoms with E-state index in [1.165, 1.54) is 24.3 Å². The summed E-state index contributed by atoms with van der Waals surface area (Å²) in [5, 5.41) is 2.66. The quantitative estimate of drug-likeness (QED) is 0.611. The Morgan fingerprint density at radius 3 is 2.38 bits per heavy atom. The molecule has 1 fully saturated rings. The van der Waals surface area contributed by atoms with Crippen LogP contribution >= 0.6 is 15.9 Å². The number of amides is 1. The molecule has 156 valence electrons. The second kappa shape index (κ2) is 9.26. The minimum atomic E-state index is -4.48. The van der Waals surface area contributed by atoms with Crippen molar-refractivity contribution in [1.29, 1.82) is 0 Å². The van der Waals surface area contributed by atoms with Crippen molar-refractivity contribution in [1.82, 2.24) is 10.2 Å². The van der Waals surface area contributed by atoms with Gasteiger partial charge in [-0.15, -0.1) is 0 Å². The van der Waals surface area contributed by atoms with E-state index in [-0.39, 0.29) is 29.8 Å². The lowest BCUT2D eigenvalue weighted by Gasteiger charge is -2.31. The summed E-state index contributed by atoms with van der Waals surface area (Å²) in [6, 6.07) is 10.3. The number of nitrogens with zero attached hydrogens (tertiary/aromatic N) is 1. The molecule has 0 aliphatic carbocycles. The van der Waals surface area contributed by atoms with Gasteiger partial charge in [-0.05, 0) is 61.3 Å². The van der Waals surface area contributed by atoms with Crippen LogP contribution in [0.5, 0.6) is 0 Å². The zero-order chi connectivity index (χ0) is 21.0. The Bertz CT molecular complexity index is 847. The molecule has 0 unspecified atom stereocenters. The van der Waals surface area contributed by atoms with Crippen LogP contribution in [0.15, 0.2) is 46.9 Å². The number of nitrogens with one attached hydrogen (secondary N) is 1. The molecule has 0 aromatic heterocycles. The monoisotopic (exact) mass is 472 g/mol. The number of likely N-dealkylation sites (tertiary alicyclic amines) is 1. The fourth-order valence-corrected chi connectivity index (χ4v) is 3.86. The van der Waals surface area contributed by atoms with E-state index in [1.807, 2.05) is 0 Å². The average molecular weight is 473 g/mol. The maximum Gasteiger partial charge on any atom is 0.416 e. The zero-order valence-electron chi connectivity index (χ0n) is 15.6. The lowest BCUT2D eigenvalue weighted by Crippen LogP contribution is -2.40. The van der Waals surface area contributed by atoms with Crippen molar-refractivity contribution in [2.45, 2.75) is 32.1 Å². The number of hydrogen-bond donors (Lipinski definition) is 1. The Kier molecular flexibility index (Phi) is 6.95. The third-order valence-corrected chi connectivity index (χ3v) is 5.60. The van der Waals surface area contributed by atoms with Crippen LogP contribution in [0.3, 0.4) is 0 Å². The van der Waals surface area contributed by atoms with E-state index in [2.05, 4.69) is 26.1 Å². The maximum atomic E-state index is 13.2. The number of hydrogen-bond acceptors (Lipinski definition) is 2. The van der Waals surface area contributed by atoms with Gasteiger partial charge in [0.1, 0.15) is 5.82 Å². The second-order valence-corrected chi connectivity index (χ2v) is 8.11. The van der Waals surface area contributed by atoms with Crippen molar-refractivity contribution in [3.63, 3.8) is 0 Å². The highest BCUT2D eigenvalue weighted by atomic mass is 79.9. The van der Waals surface area contributed by atoms with E-state index in [1.54, 1.807) is 12.1 Å². The van der Waals surface area contributed by atoms with Crippen molar-refractivity contribution < 1.29 is 22.4 Å². The van der Waals surface area contributed by atoms with Crippen molar-refractivity contribution >= 4 is 21.8 Å². The number of rotatable bonds is 5. The lowest BCUT2D eigenvalue weighted by atomic mass is 9.95. The molecule has 29 heavy (non-hydrogen) atoms. The van der Waals surface area contributed by atoms with E-state index in [9.17, 15) is 22.4 Å². The van der Waals surface area contributed by atoms with Gasteiger partial charge in [-0.3, -0.25) is 9.69 Å². The van der Waals surface area contributed by atoms with E-state index in [0.29, 0.717) is 36.9 Å². The number of piperidine rings is 1. The predicted molar refractivity (Wildman–Crippen MR) is 105 cm³/mol. The zero-order valence-corrected chi connectivity index (χ0v) is 17.2. The van der Waals surface area contributed by atoms with Crippen LogP contribution in [-0.2, 0) is 24.1 Å². The van der Waals surface area contributed by atoms with Crippen molar-refractivity contribution in [3.8, 4) is 0 Å². The van der Waals surface area contributed by atoms with Crippen LogP contribution in [0, 0.1) is 11.7 Å². The Hall–Kier alpha value is -1.93. The minimum Gasteiger partial charge on any atom is -0.352 e. The molecule has 3 nitrogen and oxygen atoms in total. The third kappa shape index (κ3) is 6.02. The van der Waals surface area contributed by atoms with Crippen molar-refractivity contribution in [2.24, 2.45) is 5.92 Å². The van der Waals surface area contributed by atoms with Crippen molar-refractivity contribution in [3.05, 3.63) is 69.4 Å². The van der Waals surface area contributed by atoms with E-state index in [4.69, 9.17) is 0 Å². The first-order valence-corrected chi connectivity index (χ1v) is 10.1. The third-order valence-electron chi connectivity index (χ3n) is 5.11. The van der Waals surface area contributed by atoms with Gasteiger partial charge < -0.3 is 5.32 Å². The molecule has 2 aromatic rings. The maximum absolute atomic E-state index is 13.2. The van der Waals surface area contributed by atoms with Gasteiger partial charge in [-0.1, -0.05) is 34.1 Å². The summed E-state index contributed by atoms with van der Waals surface area (Å²) in [4.78, 5) is 14.6. The smallest absolute Gasteiger partial charge is 0.352 e. The van der Waals surface area contributed by atoms with Gasteiger partial charge in [-0.25, -0.2) is 4.39 Å². The molecule has 1 N–H and O–H groups in total. The van der Waals surface area contributed by atoms with Crippen LogP contribution in [0.1, 0.15) is 29.5 Å². The SMILES string of the molecule is O=C(NCc1ccc(Br)cc1C(F)(F)F)C1CCN(Cc2ccc(F)cc2)CC1. The minimum absolute atomic E-state index is 0.0443. The first kappa shape index (κ1) is 21.8. The summed E-state index contributed by atoms with van der Waals surface area (Å²) in [6.07, 6.45) is -3.20. The van der Waals surface area contributed by atoms with Gasteiger partial charge in [0.05, 0.1) is 5.56 Å². The summed E-state index contributed by atoms with van der Waals surface area (Å²) in [6.45, 7) is 1.95. The molecule has 0 atom stereocenters. The van der Waals surface area contributed by atoms with E-state index < -0.39 is 11.7 Å². The number of halogens is 5. The molecule has 1 aliphatic rings. The highest BCUT2D eigenvalue weighted by Crippen LogP contribution is 2.34. The second-order valence-electron chi connectivity index (χ2n) is 7.19. The Balaban J connectivity index is 1.51. The molecule has 1 amide bonds. The van der Waals surface area contributed by atoms with Crippen LogP contribution < -0.4 is 5.32 Å². The van der Waals surface area contributed by atoms with Gasteiger partial charge in [0.2, 0.25) is 5.91 Å². The topological polar surface area (TPSA) is 32.3 Å². The van der Waals surface area contributed by atoms with Gasteiger partial charge in [0, 0.05) is 23.5 Å². The van der Waals surface area contributed by atoms with Crippen LogP contribution in [0.25, 0.3) is 0 Å². The predicted octanol–water partition coefficient (Wildman–Crippen LogP) is 5.14. The molecule has 2 aromatic carbocycles. The average Bonchev–Trinajstić information content (AvgIpc) is 2.68. The van der Waals surface area contributed by atoms with Gasteiger partial charge in [-0.2, -0.15) is 13.2 Å². The van der Waals surface area contributed by atoms with E-state index in [0.717, 1.165) is 11.6 Å². The Morgan fingerprint density at radius 1 is 1.10 bits per heavy atom. The Morgan fingerprint density at radius 2 is 1.76 bits per heavy atom. The molecular formula is C21H21BrF4N2O. The van der Waals surface area contributed by atoms with Crippen LogP contribution in [-0.4, -0.2) is 23.9 Å². The highest BCUT2D eigenvalue weighted by Gasteiger charge is 2.33.